The molecule has 2 nitrogen and oxygen atoms in total. The lowest BCUT2D eigenvalue weighted by Gasteiger charge is -2.02. The van der Waals surface area contributed by atoms with Gasteiger partial charge >= 0.3 is 0 Å². The van der Waals surface area contributed by atoms with E-state index in [-0.39, 0.29) is 11.2 Å². The zero-order valence-electron chi connectivity index (χ0n) is 7.80. The van der Waals surface area contributed by atoms with Gasteiger partial charge in [-0.25, -0.2) is 4.39 Å². The van der Waals surface area contributed by atoms with Gasteiger partial charge in [0.05, 0.1) is 5.52 Å². The van der Waals surface area contributed by atoms with Gasteiger partial charge in [0.15, 0.2) is 5.43 Å². The summed E-state index contributed by atoms with van der Waals surface area (Å²) in [6.45, 7) is 1.91. The van der Waals surface area contributed by atoms with Gasteiger partial charge in [-0.1, -0.05) is 13.0 Å². The molecule has 1 aromatic heterocycles. The van der Waals surface area contributed by atoms with E-state index < -0.39 is 0 Å². The molecule has 0 aliphatic rings. The minimum atomic E-state index is -0.380. The maximum Gasteiger partial charge on any atom is 0.189 e. The number of nitrogens with one attached hydrogen (secondary N) is 1. The van der Waals surface area contributed by atoms with Crippen LogP contribution < -0.4 is 5.43 Å². The molecule has 1 aromatic carbocycles. The van der Waals surface area contributed by atoms with Gasteiger partial charge in [0.1, 0.15) is 5.82 Å². The summed E-state index contributed by atoms with van der Waals surface area (Å²) in [5, 5.41) is 0.405. The van der Waals surface area contributed by atoms with Gasteiger partial charge in [0.25, 0.3) is 0 Å². The first-order chi connectivity index (χ1) is 6.72. The van der Waals surface area contributed by atoms with Crippen LogP contribution in [0, 0.1) is 5.82 Å². The first kappa shape index (κ1) is 8.94. The first-order valence-corrected chi connectivity index (χ1v) is 4.53. The van der Waals surface area contributed by atoms with Crippen molar-refractivity contribution in [1.29, 1.82) is 0 Å². The Morgan fingerprint density at radius 2 is 2.21 bits per heavy atom. The third-order valence-corrected chi connectivity index (χ3v) is 2.25. The number of aromatic nitrogens is 1. The first-order valence-electron chi connectivity index (χ1n) is 4.53. The van der Waals surface area contributed by atoms with Crippen molar-refractivity contribution in [1.82, 2.24) is 4.98 Å². The lowest BCUT2D eigenvalue weighted by molar-refractivity contribution is 0.636. The summed E-state index contributed by atoms with van der Waals surface area (Å²) in [7, 11) is 0. The molecule has 72 valence electrons. The standard InChI is InChI=1S/C11H10FNO/c1-2-7-6-10(14)8-4-3-5-9(12)11(8)13-7/h3-6H,2H2,1H3,(H,13,14). The monoisotopic (exact) mass is 191 g/mol. The van der Waals surface area contributed by atoms with Gasteiger partial charge < -0.3 is 4.98 Å². The van der Waals surface area contributed by atoms with E-state index in [1.807, 2.05) is 6.92 Å². The molecule has 1 N–H and O–H groups in total. The number of hydrogen-bond donors (Lipinski definition) is 1. The molecule has 14 heavy (non-hydrogen) atoms. The van der Waals surface area contributed by atoms with Gasteiger partial charge in [-0.15, -0.1) is 0 Å². The van der Waals surface area contributed by atoms with Crippen molar-refractivity contribution in [3.8, 4) is 0 Å². The van der Waals surface area contributed by atoms with Gasteiger partial charge in [-0.2, -0.15) is 0 Å². The SMILES string of the molecule is CCc1cc(=O)c2cccc(F)c2[nH]1. The Balaban J connectivity index is 2.91. The predicted octanol–water partition coefficient (Wildman–Crippen LogP) is 2.23. The highest BCUT2D eigenvalue weighted by molar-refractivity contribution is 5.78. The minimum absolute atomic E-state index is 0.130. The number of benzene rings is 1. The Morgan fingerprint density at radius 1 is 1.43 bits per heavy atom. The molecule has 0 bridgehead atoms. The highest BCUT2D eigenvalue weighted by Crippen LogP contribution is 2.12. The molecule has 2 rings (SSSR count). The Morgan fingerprint density at radius 3 is 2.93 bits per heavy atom. The Kier molecular flexibility index (Phi) is 2.08. The van der Waals surface area contributed by atoms with Crippen molar-refractivity contribution >= 4 is 10.9 Å². The van der Waals surface area contributed by atoms with E-state index in [0.717, 1.165) is 5.69 Å². The number of para-hydroxylation sites is 1. The van der Waals surface area contributed by atoms with Crippen molar-refractivity contribution in [2.24, 2.45) is 0 Å². The summed E-state index contributed by atoms with van der Waals surface area (Å²) in [6.07, 6.45) is 0.694. The van der Waals surface area contributed by atoms with Crippen molar-refractivity contribution in [3.05, 3.63) is 46.0 Å². The largest absolute Gasteiger partial charge is 0.356 e. The fourth-order valence-electron chi connectivity index (χ4n) is 1.48. The normalized spacial score (nSPS) is 10.7. The number of fused-ring (bicyclic) bond motifs is 1. The molecule has 0 atom stereocenters. The lowest BCUT2D eigenvalue weighted by Crippen LogP contribution is -2.05. The number of hydrogen-bond acceptors (Lipinski definition) is 1. The summed E-state index contributed by atoms with van der Waals surface area (Å²) >= 11 is 0. The Bertz CT molecular complexity index is 530. The summed E-state index contributed by atoms with van der Waals surface area (Å²) in [6, 6.07) is 6.02. The molecule has 0 aliphatic carbocycles. The molecular formula is C11H10FNO. The smallest absolute Gasteiger partial charge is 0.189 e. The van der Waals surface area contributed by atoms with Gasteiger partial charge in [0.2, 0.25) is 0 Å². The van der Waals surface area contributed by atoms with Crippen LogP contribution in [0.25, 0.3) is 10.9 Å². The van der Waals surface area contributed by atoms with Crippen molar-refractivity contribution in [3.63, 3.8) is 0 Å². The van der Waals surface area contributed by atoms with Crippen molar-refractivity contribution < 1.29 is 4.39 Å². The van der Waals surface area contributed by atoms with Crippen LogP contribution in [0.2, 0.25) is 0 Å². The lowest BCUT2D eigenvalue weighted by atomic mass is 10.1. The van der Waals surface area contributed by atoms with Crippen LogP contribution in [0.3, 0.4) is 0 Å². The number of rotatable bonds is 1. The molecule has 3 heteroatoms. The minimum Gasteiger partial charge on any atom is -0.356 e. The average Bonchev–Trinajstić information content (AvgIpc) is 2.19. The van der Waals surface area contributed by atoms with E-state index in [2.05, 4.69) is 4.98 Å². The zero-order chi connectivity index (χ0) is 10.1. The van der Waals surface area contributed by atoms with Gasteiger partial charge in [-0.05, 0) is 18.6 Å². The molecule has 0 saturated heterocycles. The number of halogens is 1. The fourth-order valence-corrected chi connectivity index (χ4v) is 1.48. The second-order valence-corrected chi connectivity index (χ2v) is 3.17. The number of H-pyrrole nitrogens is 1. The molecule has 0 radical (unpaired) electrons. The fraction of sp³-hybridized carbons (Fsp3) is 0.182. The van der Waals surface area contributed by atoms with Crippen LogP contribution >= 0.6 is 0 Å². The molecule has 0 spiro atoms. The third kappa shape index (κ3) is 1.31. The van der Waals surface area contributed by atoms with E-state index in [9.17, 15) is 9.18 Å². The van der Waals surface area contributed by atoms with Crippen LogP contribution in [0.4, 0.5) is 4.39 Å². The van der Waals surface area contributed by atoms with E-state index in [1.54, 1.807) is 12.1 Å². The highest BCUT2D eigenvalue weighted by Gasteiger charge is 2.04. The maximum absolute atomic E-state index is 13.3. The molecule has 0 amide bonds. The predicted molar refractivity (Wildman–Crippen MR) is 53.9 cm³/mol. The van der Waals surface area contributed by atoms with Crippen LogP contribution in [-0.4, -0.2) is 4.98 Å². The van der Waals surface area contributed by atoms with Crippen LogP contribution in [0.15, 0.2) is 29.1 Å². The maximum atomic E-state index is 13.3. The van der Waals surface area contributed by atoms with E-state index in [0.29, 0.717) is 17.3 Å². The average molecular weight is 191 g/mol. The topological polar surface area (TPSA) is 32.9 Å². The molecule has 0 saturated carbocycles. The van der Waals surface area contributed by atoms with Crippen LogP contribution in [-0.2, 0) is 6.42 Å². The second kappa shape index (κ2) is 3.25. The Labute approximate surface area is 80.4 Å². The molecule has 0 fully saturated rings. The summed E-state index contributed by atoms with van der Waals surface area (Å²) in [5.74, 6) is -0.380. The highest BCUT2D eigenvalue weighted by atomic mass is 19.1. The van der Waals surface area contributed by atoms with Crippen LogP contribution in [0.1, 0.15) is 12.6 Å². The number of pyridine rings is 1. The molecule has 2 aromatic rings. The van der Waals surface area contributed by atoms with Crippen molar-refractivity contribution in [2.75, 3.05) is 0 Å². The van der Waals surface area contributed by atoms with E-state index in [4.69, 9.17) is 0 Å². The van der Waals surface area contributed by atoms with Gasteiger partial charge in [-0.3, -0.25) is 4.79 Å². The number of aromatic amines is 1. The molecule has 0 unspecified atom stereocenters. The summed E-state index contributed by atoms with van der Waals surface area (Å²) < 4.78 is 13.3. The molecule has 1 heterocycles. The number of aryl methyl sites for hydroxylation is 1. The van der Waals surface area contributed by atoms with Gasteiger partial charge in [0, 0.05) is 17.1 Å². The third-order valence-electron chi connectivity index (χ3n) is 2.25. The Hall–Kier alpha value is -1.64. The van der Waals surface area contributed by atoms with Crippen molar-refractivity contribution in [2.45, 2.75) is 13.3 Å². The second-order valence-electron chi connectivity index (χ2n) is 3.17. The summed E-state index contributed by atoms with van der Waals surface area (Å²) in [5.41, 5.74) is 0.930. The molecule has 0 aliphatic heterocycles. The zero-order valence-corrected chi connectivity index (χ0v) is 7.80. The van der Waals surface area contributed by atoms with Crippen LogP contribution in [0.5, 0.6) is 0 Å². The quantitative estimate of drug-likeness (QED) is 0.736. The van der Waals surface area contributed by atoms with E-state index in [1.165, 1.54) is 12.1 Å². The summed E-state index contributed by atoms with van der Waals surface area (Å²) in [4.78, 5) is 14.4. The van der Waals surface area contributed by atoms with E-state index >= 15 is 0 Å². The molecular weight excluding hydrogens is 181 g/mol.